The van der Waals surface area contributed by atoms with Gasteiger partial charge in [0, 0.05) is 37.3 Å². The van der Waals surface area contributed by atoms with Crippen molar-refractivity contribution in [2.75, 3.05) is 13.1 Å². The summed E-state index contributed by atoms with van der Waals surface area (Å²) in [5.74, 6) is 0. The summed E-state index contributed by atoms with van der Waals surface area (Å²) >= 11 is 0. The van der Waals surface area contributed by atoms with Crippen LogP contribution in [0.2, 0.25) is 0 Å². The molecule has 0 unspecified atom stereocenters. The quantitative estimate of drug-likeness (QED) is 0.593. The molecule has 3 aliphatic rings. The Labute approximate surface area is 88.8 Å². The number of nitrogens with one attached hydrogen (secondary N) is 2. The molecule has 3 N–H and O–H groups in total. The molecule has 3 fully saturated rings. The Kier molecular flexibility index (Phi) is 2.10. The van der Waals surface area contributed by atoms with Gasteiger partial charge in [-0.1, -0.05) is 0 Å². The van der Waals surface area contributed by atoms with Gasteiger partial charge < -0.3 is 15.7 Å². The molecular weight excluding hydrogens is 194 g/mol. The van der Waals surface area contributed by atoms with Gasteiger partial charge in [-0.2, -0.15) is 0 Å². The number of piperazine rings is 1. The molecule has 1 amide bonds. The van der Waals surface area contributed by atoms with Crippen LogP contribution < -0.4 is 10.6 Å². The number of amides is 1. The largest absolute Gasteiger partial charge is 0.465 e. The second-order valence-corrected chi connectivity index (χ2v) is 4.96. The minimum absolute atomic E-state index is 0.194. The molecular formula is C10H17N3O2. The van der Waals surface area contributed by atoms with Crippen molar-refractivity contribution in [3.8, 4) is 0 Å². The molecule has 5 nitrogen and oxygen atoms in total. The van der Waals surface area contributed by atoms with Crippen molar-refractivity contribution in [2.45, 2.75) is 43.4 Å². The Morgan fingerprint density at radius 2 is 2.13 bits per heavy atom. The van der Waals surface area contributed by atoms with Gasteiger partial charge in [-0.15, -0.1) is 0 Å². The minimum atomic E-state index is -0.886. The first kappa shape index (κ1) is 9.42. The van der Waals surface area contributed by atoms with E-state index in [1.165, 1.54) is 6.42 Å². The van der Waals surface area contributed by atoms with Crippen LogP contribution in [0, 0.1) is 0 Å². The summed E-state index contributed by atoms with van der Waals surface area (Å²) in [6.45, 7) is 2.29. The van der Waals surface area contributed by atoms with Crippen molar-refractivity contribution in [2.24, 2.45) is 0 Å². The molecule has 5 heteroatoms. The first-order valence-electron chi connectivity index (χ1n) is 5.71. The summed E-state index contributed by atoms with van der Waals surface area (Å²) in [4.78, 5) is 13.0. The van der Waals surface area contributed by atoms with E-state index >= 15 is 0 Å². The minimum Gasteiger partial charge on any atom is -0.465 e. The van der Waals surface area contributed by atoms with E-state index in [4.69, 9.17) is 5.11 Å². The van der Waals surface area contributed by atoms with Gasteiger partial charge in [0.2, 0.25) is 0 Å². The topological polar surface area (TPSA) is 64.6 Å². The molecule has 84 valence electrons. The molecule has 2 heterocycles. The third kappa shape index (κ3) is 1.59. The predicted molar refractivity (Wildman–Crippen MR) is 54.9 cm³/mol. The molecule has 0 aromatic carbocycles. The van der Waals surface area contributed by atoms with E-state index in [0.717, 1.165) is 25.9 Å². The number of fused-ring (bicyclic) bond motifs is 2. The number of carbonyl (C=O) groups is 1. The molecule has 0 spiro atoms. The van der Waals surface area contributed by atoms with Gasteiger partial charge in [-0.3, -0.25) is 4.90 Å². The van der Waals surface area contributed by atoms with E-state index in [-0.39, 0.29) is 6.04 Å². The van der Waals surface area contributed by atoms with Gasteiger partial charge in [-0.05, 0) is 19.3 Å². The number of carboxylic acid groups (broad SMARTS) is 1. The fraction of sp³-hybridized carbons (Fsp3) is 0.900. The maximum atomic E-state index is 10.4. The predicted octanol–water partition coefficient (Wildman–Crippen LogP) is -0.169. The standard InChI is InChI=1S/C10H17N3O2/c14-10(15)12-6-1-8(2-6)13-5-7-3-9(13)4-11-7/h6-9,11-12H,1-5H2,(H,14,15)/t6?,7-,8?,9-/m0/s1. The van der Waals surface area contributed by atoms with E-state index in [9.17, 15) is 4.79 Å². The number of likely N-dealkylation sites (tertiary alicyclic amines) is 1. The highest BCUT2D eigenvalue weighted by molar-refractivity contribution is 5.65. The van der Waals surface area contributed by atoms with Crippen LogP contribution in [0.4, 0.5) is 4.79 Å². The van der Waals surface area contributed by atoms with Gasteiger partial charge in [0.05, 0.1) is 0 Å². The fourth-order valence-electron chi connectivity index (χ4n) is 3.19. The van der Waals surface area contributed by atoms with Crippen molar-refractivity contribution in [3.05, 3.63) is 0 Å². The average Bonchev–Trinajstić information content (AvgIpc) is 2.70. The lowest BCUT2D eigenvalue weighted by molar-refractivity contribution is 0.0735. The number of rotatable bonds is 2. The first-order chi connectivity index (χ1) is 7.22. The Bertz CT molecular complexity index is 278. The van der Waals surface area contributed by atoms with Crippen LogP contribution >= 0.6 is 0 Å². The molecule has 3 rings (SSSR count). The van der Waals surface area contributed by atoms with Crippen LogP contribution in [-0.2, 0) is 0 Å². The Balaban J connectivity index is 1.49. The summed E-state index contributed by atoms with van der Waals surface area (Å²) in [6.07, 6.45) is 2.39. The molecule has 1 saturated carbocycles. The summed E-state index contributed by atoms with van der Waals surface area (Å²) in [7, 11) is 0. The third-order valence-corrected chi connectivity index (χ3v) is 4.01. The van der Waals surface area contributed by atoms with E-state index < -0.39 is 6.09 Å². The molecule has 0 aromatic rings. The summed E-state index contributed by atoms with van der Waals surface area (Å²) < 4.78 is 0. The van der Waals surface area contributed by atoms with Crippen LogP contribution in [0.25, 0.3) is 0 Å². The van der Waals surface area contributed by atoms with Gasteiger partial charge >= 0.3 is 6.09 Å². The van der Waals surface area contributed by atoms with E-state index in [1.807, 2.05) is 0 Å². The molecule has 2 saturated heterocycles. The molecule has 0 aromatic heterocycles. The summed E-state index contributed by atoms with van der Waals surface area (Å²) in [5, 5.41) is 14.6. The number of hydrogen-bond acceptors (Lipinski definition) is 3. The molecule has 2 bridgehead atoms. The summed E-state index contributed by atoms with van der Waals surface area (Å²) in [5.41, 5.74) is 0. The van der Waals surface area contributed by atoms with E-state index in [1.54, 1.807) is 0 Å². The van der Waals surface area contributed by atoms with Gasteiger partial charge in [0.25, 0.3) is 0 Å². The molecule has 2 aliphatic heterocycles. The third-order valence-electron chi connectivity index (χ3n) is 4.01. The lowest BCUT2D eigenvalue weighted by Gasteiger charge is -2.44. The zero-order chi connectivity index (χ0) is 10.4. The van der Waals surface area contributed by atoms with E-state index in [0.29, 0.717) is 18.1 Å². The highest BCUT2D eigenvalue weighted by Gasteiger charge is 2.45. The Hall–Kier alpha value is -0.810. The SMILES string of the molecule is O=C(O)NC1CC(N2C[C@@H]3C[C@H]2CN3)C1. The van der Waals surface area contributed by atoms with Gasteiger partial charge in [0.15, 0.2) is 0 Å². The molecule has 1 aliphatic carbocycles. The normalized spacial score (nSPS) is 44.0. The summed E-state index contributed by atoms with van der Waals surface area (Å²) in [6, 6.07) is 2.23. The molecule has 2 atom stereocenters. The average molecular weight is 211 g/mol. The Morgan fingerprint density at radius 1 is 1.33 bits per heavy atom. The van der Waals surface area contributed by atoms with Crippen LogP contribution in [0.5, 0.6) is 0 Å². The first-order valence-corrected chi connectivity index (χ1v) is 5.71. The zero-order valence-electron chi connectivity index (χ0n) is 8.65. The smallest absolute Gasteiger partial charge is 0.404 e. The van der Waals surface area contributed by atoms with E-state index in [2.05, 4.69) is 15.5 Å². The van der Waals surface area contributed by atoms with Crippen molar-refractivity contribution in [1.29, 1.82) is 0 Å². The number of hydrogen-bond donors (Lipinski definition) is 3. The molecule has 15 heavy (non-hydrogen) atoms. The van der Waals surface area contributed by atoms with Crippen LogP contribution in [0.3, 0.4) is 0 Å². The maximum Gasteiger partial charge on any atom is 0.404 e. The van der Waals surface area contributed by atoms with Crippen LogP contribution in [-0.4, -0.2) is 53.4 Å². The second-order valence-electron chi connectivity index (χ2n) is 4.96. The Morgan fingerprint density at radius 3 is 2.67 bits per heavy atom. The second kappa shape index (κ2) is 3.35. The van der Waals surface area contributed by atoms with Crippen molar-refractivity contribution >= 4 is 6.09 Å². The van der Waals surface area contributed by atoms with Gasteiger partial charge in [0.1, 0.15) is 0 Å². The maximum absolute atomic E-state index is 10.4. The van der Waals surface area contributed by atoms with Crippen molar-refractivity contribution in [1.82, 2.24) is 15.5 Å². The lowest BCUT2D eigenvalue weighted by Crippen LogP contribution is -2.58. The molecule has 0 radical (unpaired) electrons. The van der Waals surface area contributed by atoms with Crippen molar-refractivity contribution in [3.63, 3.8) is 0 Å². The fourth-order valence-corrected chi connectivity index (χ4v) is 3.19. The monoisotopic (exact) mass is 211 g/mol. The van der Waals surface area contributed by atoms with Gasteiger partial charge in [-0.25, -0.2) is 4.79 Å². The number of nitrogens with zero attached hydrogens (tertiary/aromatic N) is 1. The van der Waals surface area contributed by atoms with Crippen molar-refractivity contribution < 1.29 is 9.90 Å². The van der Waals surface area contributed by atoms with Crippen LogP contribution in [0.1, 0.15) is 19.3 Å². The highest BCUT2D eigenvalue weighted by Crippen LogP contribution is 2.34. The lowest BCUT2D eigenvalue weighted by atomic mass is 9.85. The van der Waals surface area contributed by atoms with Crippen LogP contribution in [0.15, 0.2) is 0 Å². The zero-order valence-corrected chi connectivity index (χ0v) is 8.65. The highest BCUT2D eigenvalue weighted by atomic mass is 16.4.